The standard InChI is InChI=1S/C20H22ClFN2O/c1-23(19-10-8-18(22)9-11-19)20(25)16-3-2-12-24(14-16)13-15-4-6-17(21)7-5-15/h4-11,16H,2-3,12-14H2,1H3/t16-/m0/s1. The van der Waals surface area contributed by atoms with Gasteiger partial charge < -0.3 is 4.90 Å². The molecule has 3 rings (SSSR count). The molecule has 1 fully saturated rings. The Kier molecular flexibility index (Phi) is 5.71. The lowest BCUT2D eigenvalue weighted by Gasteiger charge is -2.34. The minimum absolute atomic E-state index is 0.0314. The van der Waals surface area contributed by atoms with Crippen LogP contribution in [0.3, 0.4) is 0 Å². The van der Waals surface area contributed by atoms with Crippen molar-refractivity contribution in [3.05, 3.63) is 64.9 Å². The first-order valence-corrected chi connectivity index (χ1v) is 8.90. The maximum absolute atomic E-state index is 13.1. The van der Waals surface area contributed by atoms with E-state index in [4.69, 9.17) is 11.6 Å². The summed E-state index contributed by atoms with van der Waals surface area (Å²) in [7, 11) is 1.76. The lowest BCUT2D eigenvalue weighted by molar-refractivity contribution is -0.123. The molecule has 1 heterocycles. The number of rotatable bonds is 4. The van der Waals surface area contributed by atoms with Gasteiger partial charge in [-0.15, -0.1) is 0 Å². The Morgan fingerprint density at radius 1 is 1.20 bits per heavy atom. The summed E-state index contributed by atoms with van der Waals surface area (Å²) < 4.78 is 13.1. The molecule has 0 unspecified atom stereocenters. The number of halogens is 2. The average Bonchev–Trinajstić information content (AvgIpc) is 2.63. The van der Waals surface area contributed by atoms with Crippen molar-refractivity contribution >= 4 is 23.2 Å². The number of anilines is 1. The van der Waals surface area contributed by atoms with Crippen molar-refractivity contribution in [3.8, 4) is 0 Å². The highest BCUT2D eigenvalue weighted by atomic mass is 35.5. The fourth-order valence-corrected chi connectivity index (χ4v) is 3.44. The largest absolute Gasteiger partial charge is 0.315 e. The van der Waals surface area contributed by atoms with Crippen LogP contribution in [0.4, 0.5) is 10.1 Å². The number of carbonyl (C=O) groups excluding carboxylic acids is 1. The Morgan fingerprint density at radius 3 is 2.56 bits per heavy atom. The summed E-state index contributed by atoms with van der Waals surface area (Å²) in [5, 5.41) is 0.733. The molecule has 1 atom stereocenters. The molecule has 1 amide bonds. The molecule has 0 spiro atoms. The first-order valence-electron chi connectivity index (χ1n) is 8.53. The lowest BCUT2D eigenvalue weighted by Crippen LogP contribution is -2.43. The third-order valence-corrected chi connectivity index (χ3v) is 4.97. The van der Waals surface area contributed by atoms with Gasteiger partial charge in [0, 0.05) is 30.8 Å². The molecule has 0 aromatic heterocycles. The normalized spacial score (nSPS) is 18.1. The van der Waals surface area contributed by atoms with Crippen LogP contribution in [0.2, 0.25) is 5.02 Å². The summed E-state index contributed by atoms with van der Waals surface area (Å²) in [6.45, 7) is 2.56. The zero-order valence-electron chi connectivity index (χ0n) is 14.3. The second kappa shape index (κ2) is 7.98. The molecule has 1 saturated heterocycles. The molecule has 5 heteroatoms. The average molecular weight is 361 g/mol. The highest BCUT2D eigenvalue weighted by Crippen LogP contribution is 2.23. The molecule has 1 aliphatic heterocycles. The van der Waals surface area contributed by atoms with Gasteiger partial charge in [-0.05, 0) is 61.3 Å². The first-order chi connectivity index (χ1) is 12.0. The monoisotopic (exact) mass is 360 g/mol. The van der Waals surface area contributed by atoms with E-state index in [1.54, 1.807) is 24.1 Å². The lowest BCUT2D eigenvalue weighted by atomic mass is 9.96. The Bertz CT molecular complexity index is 717. The first kappa shape index (κ1) is 17.9. The fourth-order valence-electron chi connectivity index (χ4n) is 3.31. The van der Waals surface area contributed by atoms with Crippen LogP contribution < -0.4 is 4.90 Å². The van der Waals surface area contributed by atoms with Crippen molar-refractivity contribution in [1.82, 2.24) is 4.90 Å². The van der Waals surface area contributed by atoms with Gasteiger partial charge in [0.1, 0.15) is 5.82 Å². The molecule has 2 aromatic carbocycles. The quantitative estimate of drug-likeness (QED) is 0.809. The number of piperidine rings is 1. The summed E-state index contributed by atoms with van der Waals surface area (Å²) in [5.41, 5.74) is 1.92. The molecule has 1 aliphatic rings. The van der Waals surface area contributed by atoms with E-state index < -0.39 is 0 Å². The van der Waals surface area contributed by atoms with Crippen molar-refractivity contribution in [3.63, 3.8) is 0 Å². The Balaban J connectivity index is 1.62. The van der Waals surface area contributed by atoms with Crippen LogP contribution in [0.5, 0.6) is 0 Å². The van der Waals surface area contributed by atoms with Gasteiger partial charge in [0.2, 0.25) is 5.91 Å². The molecular weight excluding hydrogens is 339 g/mol. The minimum atomic E-state index is -0.295. The van der Waals surface area contributed by atoms with E-state index in [2.05, 4.69) is 4.90 Å². The van der Waals surface area contributed by atoms with E-state index in [0.29, 0.717) is 0 Å². The molecule has 2 aromatic rings. The van der Waals surface area contributed by atoms with Crippen molar-refractivity contribution in [2.45, 2.75) is 19.4 Å². The van der Waals surface area contributed by atoms with E-state index in [9.17, 15) is 9.18 Å². The number of benzene rings is 2. The van der Waals surface area contributed by atoms with Gasteiger partial charge in [-0.1, -0.05) is 23.7 Å². The molecule has 0 radical (unpaired) electrons. The maximum atomic E-state index is 13.1. The number of nitrogens with zero attached hydrogens (tertiary/aromatic N) is 2. The van der Waals surface area contributed by atoms with E-state index in [0.717, 1.165) is 43.2 Å². The van der Waals surface area contributed by atoms with Crippen LogP contribution in [0.15, 0.2) is 48.5 Å². The molecule has 0 N–H and O–H groups in total. The summed E-state index contributed by atoms with van der Waals surface area (Å²) in [4.78, 5) is 16.8. The van der Waals surface area contributed by atoms with Crippen LogP contribution >= 0.6 is 11.6 Å². The summed E-state index contributed by atoms with van der Waals surface area (Å²) in [5.74, 6) is -0.236. The van der Waals surface area contributed by atoms with E-state index in [1.807, 2.05) is 24.3 Å². The zero-order valence-corrected chi connectivity index (χ0v) is 15.0. The molecule has 3 nitrogen and oxygen atoms in total. The third kappa shape index (κ3) is 4.59. The molecule has 0 aliphatic carbocycles. The van der Waals surface area contributed by atoms with Gasteiger partial charge >= 0.3 is 0 Å². The number of carbonyl (C=O) groups is 1. The van der Waals surface area contributed by atoms with E-state index >= 15 is 0 Å². The molecular formula is C20H22ClFN2O. The van der Waals surface area contributed by atoms with Crippen molar-refractivity contribution < 1.29 is 9.18 Å². The van der Waals surface area contributed by atoms with Crippen LogP contribution in [0.1, 0.15) is 18.4 Å². The topological polar surface area (TPSA) is 23.6 Å². The molecule has 0 saturated carbocycles. The summed E-state index contributed by atoms with van der Waals surface area (Å²) in [6.07, 6.45) is 1.89. The Morgan fingerprint density at radius 2 is 1.88 bits per heavy atom. The number of amides is 1. The van der Waals surface area contributed by atoms with Crippen molar-refractivity contribution in [2.24, 2.45) is 5.92 Å². The smallest absolute Gasteiger partial charge is 0.231 e. The highest BCUT2D eigenvalue weighted by Gasteiger charge is 2.28. The van der Waals surface area contributed by atoms with Crippen LogP contribution in [0, 0.1) is 11.7 Å². The Hall–Kier alpha value is -1.91. The van der Waals surface area contributed by atoms with Gasteiger partial charge in [-0.2, -0.15) is 0 Å². The fraction of sp³-hybridized carbons (Fsp3) is 0.350. The van der Waals surface area contributed by atoms with Crippen molar-refractivity contribution in [1.29, 1.82) is 0 Å². The van der Waals surface area contributed by atoms with Gasteiger partial charge in [0.25, 0.3) is 0 Å². The molecule has 25 heavy (non-hydrogen) atoms. The SMILES string of the molecule is CN(C(=O)[C@H]1CCCN(Cc2ccc(Cl)cc2)C1)c1ccc(F)cc1. The second-order valence-corrected chi connectivity index (χ2v) is 7.01. The van der Waals surface area contributed by atoms with Crippen LogP contribution in [-0.4, -0.2) is 30.9 Å². The van der Waals surface area contributed by atoms with Gasteiger partial charge in [0.15, 0.2) is 0 Å². The summed E-state index contributed by atoms with van der Waals surface area (Å²) in [6, 6.07) is 13.9. The van der Waals surface area contributed by atoms with Gasteiger partial charge in [-0.3, -0.25) is 9.69 Å². The number of hydrogen-bond donors (Lipinski definition) is 0. The van der Waals surface area contributed by atoms with Crippen LogP contribution in [-0.2, 0) is 11.3 Å². The maximum Gasteiger partial charge on any atom is 0.231 e. The molecule has 132 valence electrons. The van der Waals surface area contributed by atoms with Crippen molar-refractivity contribution in [2.75, 3.05) is 25.0 Å². The van der Waals surface area contributed by atoms with E-state index in [1.165, 1.54) is 17.7 Å². The third-order valence-electron chi connectivity index (χ3n) is 4.72. The van der Waals surface area contributed by atoms with E-state index in [-0.39, 0.29) is 17.6 Å². The minimum Gasteiger partial charge on any atom is -0.315 e. The highest BCUT2D eigenvalue weighted by molar-refractivity contribution is 6.30. The second-order valence-electron chi connectivity index (χ2n) is 6.57. The van der Waals surface area contributed by atoms with Crippen LogP contribution in [0.25, 0.3) is 0 Å². The molecule has 0 bridgehead atoms. The summed E-state index contributed by atoms with van der Waals surface area (Å²) >= 11 is 5.93. The predicted molar refractivity (Wildman–Crippen MR) is 99.3 cm³/mol. The Labute approximate surface area is 153 Å². The number of likely N-dealkylation sites (tertiary alicyclic amines) is 1. The predicted octanol–water partition coefficient (Wildman–Crippen LogP) is 4.35. The number of hydrogen-bond acceptors (Lipinski definition) is 2. The zero-order chi connectivity index (χ0) is 17.8. The van der Waals surface area contributed by atoms with Gasteiger partial charge in [0.05, 0.1) is 5.92 Å². The van der Waals surface area contributed by atoms with Gasteiger partial charge in [-0.25, -0.2) is 4.39 Å².